The Bertz CT molecular complexity index is 768. The molecule has 0 fully saturated rings. The number of amides is 1. The molecule has 0 unspecified atom stereocenters. The predicted octanol–water partition coefficient (Wildman–Crippen LogP) is 3.05. The molecular weight excluding hydrogens is 353 g/mol. The maximum absolute atomic E-state index is 13.0. The largest absolute Gasteiger partial charge is 0.495 e. The molecule has 8 heteroatoms. The van der Waals surface area contributed by atoms with Crippen LogP contribution in [0.1, 0.15) is 0 Å². The van der Waals surface area contributed by atoms with E-state index in [2.05, 4.69) is 5.32 Å². The molecule has 2 aromatic rings. The zero-order valence-corrected chi connectivity index (χ0v) is 14.0. The summed E-state index contributed by atoms with van der Waals surface area (Å²) in [7, 11) is 1.48. The van der Waals surface area contributed by atoms with E-state index in [0.717, 1.165) is 6.07 Å². The highest BCUT2D eigenvalue weighted by atomic mass is 35.5. The highest BCUT2D eigenvalue weighted by Gasteiger charge is 2.10. The number of carbonyl (C=O) groups excluding carboxylic acids is 2. The van der Waals surface area contributed by atoms with Crippen molar-refractivity contribution >= 4 is 29.2 Å². The van der Waals surface area contributed by atoms with E-state index in [1.807, 2.05) is 0 Å². The van der Waals surface area contributed by atoms with Crippen LogP contribution in [-0.2, 0) is 14.3 Å². The highest BCUT2D eigenvalue weighted by molar-refractivity contribution is 6.32. The van der Waals surface area contributed by atoms with Crippen LogP contribution in [0, 0.1) is 5.82 Å². The summed E-state index contributed by atoms with van der Waals surface area (Å²) < 4.78 is 27.8. The van der Waals surface area contributed by atoms with Crippen molar-refractivity contribution in [3.8, 4) is 11.5 Å². The lowest BCUT2D eigenvalue weighted by Crippen LogP contribution is -2.23. The Balaban J connectivity index is 1.75. The average Bonchev–Trinajstić information content (AvgIpc) is 2.58. The fourth-order valence-corrected chi connectivity index (χ4v) is 2.09. The van der Waals surface area contributed by atoms with Crippen LogP contribution in [-0.4, -0.2) is 32.2 Å². The molecule has 0 spiro atoms. The van der Waals surface area contributed by atoms with Crippen LogP contribution < -0.4 is 14.8 Å². The normalized spacial score (nSPS) is 10.0. The number of benzene rings is 2. The van der Waals surface area contributed by atoms with E-state index >= 15 is 0 Å². The fraction of sp³-hybridized carbons (Fsp3) is 0.176. The van der Waals surface area contributed by atoms with Gasteiger partial charge in [-0.3, -0.25) is 4.79 Å². The smallest absolute Gasteiger partial charge is 0.344 e. The maximum atomic E-state index is 13.0. The molecule has 2 aromatic carbocycles. The van der Waals surface area contributed by atoms with Crippen LogP contribution in [0.2, 0.25) is 5.02 Å². The molecule has 0 aliphatic rings. The Labute approximate surface area is 148 Å². The zero-order valence-electron chi connectivity index (χ0n) is 13.3. The molecule has 6 nitrogen and oxygen atoms in total. The van der Waals surface area contributed by atoms with Crippen molar-refractivity contribution in [2.45, 2.75) is 0 Å². The van der Waals surface area contributed by atoms with Gasteiger partial charge in [-0.05, 0) is 30.3 Å². The Hall–Kier alpha value is -2.80. The van der Waals surface area contributed by atoms with Crippen LogP contribution in [0.3, 0.4) is 0 Å². The van der Waals surface area contributed by atoms with Crippen LogP contribution in [0.25, 0.3) is 0 Å². The molecule has 1 amide bonds. The minimum atomic E-state index is -0.757. The lowest BCUT2D eigenvalue weighted by molar-refractivity contribution is -0.149. The Morgan fingerprint density at radius 2 is 1.96 bits per heavy atom. The predicted molar refractivity (Wildman–Crippen MR) is 89.5 cm³/mol. The quantitative estimate of drug-likeness (QED) is 0.761. The molecular formula is C17H15ClFNO5. The number of hydrogen-bond acceptors (Lipinski definition) is 5. The number of anilines is 1. The first-order valence-electron chi connectivity index (χ1n) is 7.15. The SMILES string of the molecule is COc1ccc(NC(=O)COC(=O)COc2cccc(F)c2)cc1Cl. The molecule has 25 heavy (non-hydrogen) atoms. The monoisotopic (exact) mass is 367 g/mol. The first kappa shape index (κ1) is 18.5. The summed E-state index contributed by atoms with van der Waals surface area (Å²) in [6, 6.07) is 10.0. The van der Waals surface area contributed by atoms with Crippen molar-refractivity contribution < 1.29 is 28.2 Å². The first-order valence-corrected chi connectivity index (χ1v) is 7.53. The van der Waals surface area contributed by atoms with E-state index in [1.165, 1.54) is 31.4 Å². The molecule has 1 N–H and O–H groups in total. The van der Waals surface area contributed by atoms with E-state index in [0.29, 0.717) is 16.5 Å². The standard InChI is InChI=1S/C17H15ClFNO5/c1-23-15-6-5-12(8-14(15)18)20-16(21)9-25-17(22)10-24-13-4-2-3-11(19)7-13/h2-8H,9-10H2,1H3,(H,20,21). The minimum Gasteiger partial charge on any atom is -0.495 e. The summed E-state index contributed by atoms with van der Waals surface area (Å²) in [5.41, 5.74) is 0.433. The second kappa shape index (κ2) is 8.89. The van der Waals surface area contributed by atoms with E-state index in [1.54, 1.807) is 12.1 Å². The second-order valence-corrected chi connectivity index (χ2v) is 5.21. The Morgan fingerprint density at radius 1 is 1.16 bits per heavy atom. The summed E-state index contributed by atoms with van der Waals surface area (Å²) in [5.74, 6) is -1.12. The molecule has 0 aliphatic heterocycles. The van der Waals surface area contributed by atoms with Crippen molar-refractivity contribution in [3.05, 3.63) is 53.3 Å². The summed E-state index contributed by atoms with van der Waals surface area (Å²) >= 11 is 5.95. The maximum Gasteiger partial charge on any atom is 0.344 e. The average molecular weight is 368 g/mol. The zero-order chi connectivity index (χ0) is 18.2. The van der Waals surface area contributed by atoms with Crippen LogP contribution >= 0.6 is 11.6 Å². The van der Waals surface area contributed by atoms with Gasteiger partial charge in [0, 0.05) is 11.8 Å². The Morgan fingerprint density at radius 3 is 2.64 bits per heavy atom. The number of ether oxygens (including phenoxy) is 3. The van der Waals surface area contributed by atoms with Gasteiger partial charge in [0.05, 0.1) is 12.1 Å². The van der Waals surface area contributed by atoms with Gasteiger partial charge >= 0.3 is 5.97 Å². The van der Waals surface area contributed by atoms with Gasteiger partial charge in [-0.25, -0.2) is 9.18 Å². The van der Waals surface area contributed by atoms with Crippen LogP contribution in [0.15, 0.2) is 42.5 Å². The van der Waals surface area contributed by atoms with E-state index in [9.17, 15) is 14.0 Å². The van der Waals surface area contributed by atoms with Gasteiger partial charge in [0.2, 0.25) is 0 Å². The number of rotatable bonds is 7. The molecule has 0 bridgehead atoms. The van der Waals surface area contributed by atoms with Crippen molar-refractivity contribution in [2.24, 2.45) is 0 Å². The number of hydrogen-bond donors (Lipinski definition) is 1. The Kier molecular flexibility index (Phi) is 6.59. The third kappa shape index (κ3) is 5.96. The van der Waals surface area contributed by atoms with Gasteiger partial charge in [0.15, 0.2) is 13.2 Å². The number of nitrogens with one attached hydrogen (secondary N) is 1. The third-order valence-electron chi connectivity index (χ3n) is 2.95. The molecule has 0 aromatic heterocycles. The molecule has 0 heterocycles. The van der Waals surface area contributed by atoms with Crippen LogP contribution in [0.4, 0.5) is 10.1 Å². The topological polar surface area (TPSA) is 73.9 Å². The van der Waals surface area contributed by atoms with Gasteiger partial charge in [0.25, 0.3) is 5.91 Å². The van der Waals surface area contributed by atoms with Gasteiger partial charge in [-0.15, -0.1) is 0 Å². The van der Waals surface area contributed by atoms with E-state index < -0.39 is 30.9 Å². The third-order valence-corrected chi connectivity index (χ3v) is 3.25. The van der Waals surface area contributed by atoms with Crippen molar-refractivity contribution in [2.75, 3.05) is 25.6 Å². The van der Waals surface area contributed by atoms with Gasteiger partial charge in [-0.2, -0.15) is 0 Å². The summed E-state index contributed by atoms with van der Waals surface area (Å²) in [6.07, 6.45) is 0. The molecule has 0 aliphatic carbocycles. The molecule has 0 saturated carbocycles. The molecule has 0 atom stereocenters. The molecule has 2 rings (SSSR count). The van der Waals surface area contributed by atoms with Crippen molar-refractivity contribution in [3.63, 3.8) is 0 Å². The van der Waals surface area contributed by atoms with Gasteiger partial charge in [-0.1, -0.05) is 17.7 Å². The lowest BCUT2D eigenvalue weighted by Gasteiger charge is -2.09. The van der Waals surface area contributed by atoms with Crippen molar-refractivity contribution in [1.82, 2.24) is 0 Å². The molecule has 0 radical (unpaired) electrons. The van der Waals surface area contributed by atoms with Gasteiger partial charge < -0.3 is 19.5 Å². The second-order valence-electron chi connectivity index (χ2n) is 4.80. The lowest BCUT2D eigenvalue weighted by atomic mass is 10.3. The summed E-state index contributed by atoms with van der Waals surface area (Å²) in [5, 5.41) is 2.86. The minimum absolute atomic E-state index is 0.189. The van der Waals surface area contributed by atoms with Crippen LogP contribution in [0.5, 0.6) is 11.5 Å². The van der Waals surface area contributed by atoms with E-state index in [-0.39, 0.29) is 5.75 Å². The summed E-state index contributed by atoms with van der Waals surface area (Å²) in [4.78, 5) is 23.3. The molecule has 0 saturated heterocycles. The fourth-order valence-electron chi connectivity index (χ4n) is 1.83. The number of halogens is 2. The van der Waals surface area contributed by atoms with Crippen molar-refractivity contribution in [1.29, 1.82) is 0 Å². The van der Waals surface area contributed by atoms with E-state index in [4.69, 9.17) is 25.8 Å². The highest BCUT2D eigenvalue weighted by Crippen LogP contribution is 2.27. The first-order chi connectivity index (χ1) is 12.0. The van der Waals surface area contributed by atoms with Gasteiger partial charge in [0.1, 0.15) is 17.3 Å². The molecule has 132 valence electrons. The number of esters is 1. The summed E-state index contributed by atoms with van der Waals surface area (Å²) in [6.45, 7) is -0.930. The number of carbonyl (C=O) groups is 2. The number of methoxy groups -OCH3 is 1.